The fourth-order valence-electron chi connectivity index (χ4n) is 2.64. The van der Waals surface area contributed by atoms with Crippen molar-refractivity contribution in [3.05, 3.63) is 23.8 Å². The third kappa shape index (κ3) is 2.90. The molecule has 1 aromatic carbocycles. The summed E-state index contributed by atoms with van der Waals surface area (Å²) < 4.78 is 10.9. The number of hydrogen-bond acceptors (Lipinski definition) is 5. The van der Waals surface area contributed by atoms with E-state index in [0.29, 0.717) is 18.9 Å². The van der Waals surface area contributed by atoms with Crippen molar-refractivity contribution in [3.8, 4) is 5.75 Å². The second kappa shape index (κ2) is 6.43. The highest BCUT2D eigenvalue weighted by atomic mass is 16.5. The predicted molar refractivity (Wildman–Crippen MR) is 77.3 cm³/mol. The first kappa shape index (κ1) is 15.1. The van der Waals surface area contributed by atoms with Crippen molar-refractivity contribution in [2.24, 2.45) is 0 Å². The number of hydrogen-bond donors (Lipinski definition) is 2. The van der Waals surface area contributed by atoms with Crippen molar-refractivity contribution in [2.75, 3.05) is 31.8 Å². The Labute approximate surface area is 119 Å². The van der Waals surface area contributed by atoms with Crippen molar-refractivity contribution >= 4 is 5.69 Å². The summed E-state index contributed by atoms with van der Waals surface area (Å²) in [4.78, 5) is 2.16. The van der Waals surface area contributed by atoms with Gasteiger partial charge in [-0.05, 0) is 26.0 Å². The molecule has 5 heteroatoms. The van der Waals surface area contributed by atoms with E-state index in [1.807, 2.05) is 18.2 Å². The lowest BCUT2D eigenvalue weighted by molar-refractivity contribution is -0.0105. The third-order valence-electron chi connectivity index (χ3n) is 3.70. The second-order valence-corrected chi connectivity index (χ2v) is 5.21. The van der Waals surface area contributed by atoms with Gasteiger partial charge in [-0.25, -0.2) is 0 Å². The van der Waals surface area contributed by atoms with Crippen LogP contribution in [-0.4, -0.2) is 49.2 Å². The lowest BCUT2D eigenvalue weighted by atomic mass is 10.0. The van der Waals surface area contributed by atoms with Gasteiger partial charge in [0.25, 0.3) is 0 Å². The summed E-state index contributed by atoms with van der Waals surface area (Å²) in [6.45, 7) is 4.96. The van der Waals surface area contributed by atoms with E-state index in [1.165, 1.54) is 0 Å². The first-order valence-corrected chi connectivity index (χ1v) is 6.92. The van der Waals surface area contributed by atoms with Gasteiger partial charge in [0.15, 0.2) is 0 Å². The molecule has 112 valence electrons. The molecule has 20 heavy (non-hydrogen) atoms. The van der Waals surface area contributed by atoms with E-state index >= 15 is 0 Å². The second-order valence-electron chi connectivity index (χ2n) is 5.21. The molecule has 1 heterocycles. The number of rotatable bonds is 4. The Morgan fingerprint density at radius 1 is 1.50 bits per heavy atom. The average Bonchev–Trinajstić information content (AvgIpc) is 2.46. The minimum absolute atomic E-state index is 0.00278. The van der Waals surface area contributed by atoms with Gasteiger partial charge in [-0.1, -0.05) is 6.07 Å². The highest BCUT2D eigenvalue weighted by Gasteiger charge is 2.29. The zero-order chi connectivity index (χ0) is 14.7. The van der Waals surface area contributed by atoms with Crippen LogP contribution in [0.4, 0.5) is 5.69 Å². The molecule has 3 atom stereocenters. The molecular formula is C15H23NO4. The quantitative estimate of drug-likeness (QED) is 0.872. The summed E-state index contributed by atoms with van der Waals surface area (Å²) in [5.74, 6) is 0.678. The number of benzene rings is 1. The Hall–Kier alpha value is -1.30. The summed E-state index contributed by atoms with van der Waals surface area (Å²) >= 11 is 0. The van der Waals surface area contributed by atoms with Gasteiger partial charge >= 0.3 is 0 Å². The van der Waals surface area contributed by atoms with Gasteiger partial charge in [0.1, 0.15) is 5.75 Å². The maximum absolute atomic E-state index is 10.1. The Morgan fingerprint density at radius 3 is 2.85 bits per heavy atom. The van der Waals surface area contributed by atoms with Gasteiger partial charge in [-0.2, -0.15) is 0 Å². The standard InChI is InChI=1S/C15H23NO4/c1-10-9-20-12(8-17)7-16(10)13-5-4-6-14(19-3)15(13)11(2)18/h4-6,10-12,17-18H,7-9H2,1-3H3/t10?,11-,12?/m1/s1. The summed E-state index contributed by atoms with van der Waals surface area (Å²) in [6.07, 6.45) is -0.817. The Bertz CT molecular complexity index is 449. The smallest absolute Gasteiger partial charge is 0.126 e. The van der Waals surface area contributed by atoms with Crippen LogP contribution in [0.3, 0.4) is 0 Å². The first-order chi connectivity index (χ1) is 9.58. The molecule has 0 aromatic heterocycles. The molecule has 0 aliphatic carbocycles. The van der Waals surface area contributed by atoms with Crippen LogP contribution in [0.5, 0.6) is 5.75 Å². The zero-order valence-corrected chi connectivity index (χ0v) is 12.2. The number of methoxy groups -OCH3 is 1. The van der Waals surface area contributed by atoms with Gasteiger partial charge in [-0.15, -0.1) is 0 Å². The van der Waals surface area contributed by atoms with E-state index in [0.717, 1.165) is 11.3 Å². The van der Waals surface area contributed by atoms with Gasteiger partial charge < -0.3 is 24.6 Å². The van der Waals surface area contributed by atoms with Crippen LogP contribution >= 0.6 is 0 Å². The minimum Gasteiger partial charge on any atom is -0.496 e. The van der Waals surface area contributed by atoms with Crippen LogP contribution in [0.15, 0.2) is 18.2 Å². The maximum atomic E-state index is 10.1. The number of morpholine rings is 1. The molecule has 1 aromatic rings. The number of aliphatic hydroxyl groups is 2. The van der Waals surface area contributed by atoms with Crippen LogP contribution < -0.4 is 9.64 Å². The van der Waals surface area contributed by atoms with E-state index in [4.69, 9.17) is 9.47 Å². The van der Waals surface area contributed by atoms with Crippen LogP contribution in [0, 0.1) is 0 Å². The van der Waals surface area contributed by atoms with Gasteiger partial charge in [-0.3, -0.25) is 0 Å². The number of nitrogens with zero attached hydrogens (tertiary/aromatic N) is 1. The molecule has 2 N–H and O–H groups in total. The number of anilines is 1. The predicted octanol–water partition coefficient (Wildman–Crippen LogP) is 1.33. The van der Waals surface area contributed by atoms with E-state index in [1.54, 1.807) is 14.0 Å². The van der Waals surface area contributed by atoms with E-state index in [-0.39, 0.29) is 18.8 Å². The summed E-state index contributed by atoms with van der Waals surface area (Å²) in [5, 5.41) is 19.4. The summed E-state index contributed by atoms with van der Waals surface area (Å²) in [7, 11) is 1.60. The molecule has 2 rings (SSSR count). The minimum atomic E-state index is -0.622. The lowest BCUT2D eigenvalue weighted by Gasteiger charge is -2.40. The van der Waals surface area contributed by atoms with Crippen molar-refractivity contribution in [1.82, 2.24) is 0 Å². The maximum Gasteiger partial charge on any atom is 0.126 e. The van der Waals surface area contributed by atoms with E-state index in [9.17, 15) is 10.2 Å². The largest absolute Gasteiger partial charge is 0.496 e. The Morgan fingerprint density at radius 2 is 2.25 bits per heavy atom. The summed E-state index contributed by atoms with van der Waals surface area (Å²) in [5.41, 5.74) is 1.72. The van der Waals surface area contributed by atoms with Crippen LogP contribution in [0.1, 0.15) is 25.5 Å². The van der Waals surface area contributed by atoms with Crippen LogP contribution in [0.2, 0.25) is 0 Å². The molecule has 0 spiro atoms. The normalized spacial score (nSPS) is 24.6. The highest BCUT2D eigenvalue weighted by Crippen LogP contribution is 2.36. The molecule has 1 aliphatic rings. The first-order valence-electron chi connectivity index (χ1n) is 6.92. The zero-order valence-electron chi connectivity index (χ0n) is 12.2. The monoisotopic (exact) mass is 281 g/mol. The third-order valence-corrected chi connectivity index (χ3v) is 3.70. The molecule has 0 saturated carbocycles. The fourth-order valence-corrected chi connectivity index (χ4v) is 2.64. The highest BCUT2D eigenvalue weighted by molar-refractivity contribution is 5.61. The molecule has 1 aliphatic heterocycles. The topological polar surface area (TPSA) is 62.2 Å². The van der Waals surface area contributed by atoms with E-state index < -0.39 is 6.10 Å². The van der Waals surface area contributed by atoms with Crippen molar-refractivity contribution in [3.63, 3.8) is 0 Å². The fraction of sp³-hybridized carbons (Fsp3) is 0.600. The average molecular weight is 281 g/mol. The Balaban J connectivity index is 2.40. The molecular weight excluding hydrogens is 258 g/mol. The van der Waals surface area contributed by atoms with Gasteiger partial charge in [0, 0.05) is 23.8 Å². The molecule has 1 saturated heterocycles. The SMILES string of the molecule is COc1cccc(N2CC(CO)OCC2C)c1[C@@H](C)O. The number of ether oxygens (including phenoxy) is 2. The Kier molecular flexibility index (Phi) is 4.86. The van der Waals surface area contributed by atoms with Crippen LogP contribution in [0.25, 0.3) is 0 Å². The van der Waals surface area contributed by atoms with Crippen LogP contribution in [-0.2, 0) is 4.74 Å². The number of aliphatic hydroxyl groups excluding tert-OH is 2. The van der Waals surface area contributed by atoms with Crippen molar-refractivity contribution < 1.29 is 19.7 Å². The molecule has 0 bridgehead atoms. The van der Waals surface area contributed by atoms with Gasteiger partial charge in [0.2, 0.25) is 0 Å². The molecule has 2 unspecified atom stereocenters. The van der Waals surface area contributed by atoms with E-state index in [2.05, 4.69) is 11.8 Å². The molecule has 0 amide bonds. The molecule has 0 radical (unpaired) electrons. The van der Waals surface area contributed by atoms with Crippen molar-refractivity contribution in [2.45, 2.75) is 32.1 Å². The molecule has 5 nitrogen and oxygen atoms in total. The lowest BCUT2D eigenvalue weighted by Crippen LogP contribution is -2.50. The molecule has 1 fully saturated rings. The van der Waals surface area contributed by atoms with Gasteiger partial charge in [0.05, 0.1) is 32.5 Å². The van der Waals surface area contributed by atoms with Crippen molar-refractivity contribution in [1.29, 1.82) is 0 Å². The summed E-state index contributed by atoms with van der Waals surface area (Å²) in [6, 6.07) is 5.92.